The van der Waals surface area contributed by atoms with Crippen LogP contribution in [0.4, 0.5) is 0 Å². The van der Waals surface area contributed by atoms with Gasteiger partial charge in [0.25, 0.3) is 11.5 Å². The summed E-state index contributed by atoms with van der Waals surface area (Å²) in [7, 11) is 2.85. The highest BCUT2D eigenvalue weighted by atomic mass is 16.5. The van der Waals surface area contributed by atoms with Gasteiger partial charge in [-0.2, -0.15) is 0 Å². The summed E-state index contributed by atoms with van der Waals surface area (Å²) in [5.74, 6) is 0.590. The first-order valence-corrected chi connectivity index (χ1v) is 7.73. The van der Waals surface area contributed by atoms with Gasteiger partial charge >= 0.3 is 5.69 Å². The zero-order chi connectivity index (χ0) is 17.3. The van der Waals surface area contributed by atoms with Gasteiger partial charge in [0.2, 0.25) is 0 Å². The second kappa shape index (κ2) is 6.35. The molecule has 0 bridgehead atoms. The summed E-state index contributed by atoms with van der Waals surface area (Å²) in [6.07, 6.45) is 0.811. The van der Waals surface area contributed by atoms with Gasteiger partial charge in [0, 0.05) is 32.6 Å². The molecule has 24 heavy (non-hydrogen) atoms. The van der Waals surface area contributed by atoms with E-state index in [0.29, 0.717) is 13.2 Å². The largest absolute Gasteiger partial charge is 0.493 e. The number of carbonyl (C=O) groups excluding carboxylic acids is 1. The predicted molar refractivity (Wildman–Crippen MR) is 88.4 cm³/mol. The lowest BCUT2D eigenvalue weighted by Crippen LogP contribution is -2.42. The highest BCUT2D eigenvalue weighted by Crippen LogP contribution is 2.26. The molecule has 1 atom stereocenters. The van der Waals surface area contributed by atoms with Gasteiger partial charge in [0.1, 0.15) is 11.4 Å². The van der Waals surface area contributed by atoms with Crippen LogP contribution in [0.1, 0.15) is 16.1 Å². The minimum absolute atomic E-state index is 0.0558. The second-order valence-corrected chi connectivity index (χ2v) is 5.97. The third-order valence-corrected chi connectivity index (χ3v) is 4.27. The van der Waals surface area contributed by atoms with Crippen LogP contribution in [0.3, 0.4) is 0 Å². The molecule has 1 aliphatic rings. The lowest BCUT2D eigenvalue weighted by molar-refractivity contribution is 0.0928. The van der Waals surface area contributed by atoms with Crippen molar-refractivity contribution in [3.05, 3.63) is 62.4 Å². The van der Waals surface area contributed by atoms with E-state index in [-0.39, 0.29) is 11.6 Å². The second-order valence-electron chi connectivity index (χ2n) is 5.97. The van der Waals surface area contributed by atoms with Gasteiger partial charge in [0.15, 0.2) is 0 Å². The van der Waals surface area contributed by atoms with E-state index in [1.165, 1.54) is 24.7 Å². The molecule has 1 aromatic heterocycles. The molecule has 0 aliphatic carbocycles. The molecule has 7 heteroatoms. The van der Waals surface area contributed by atoms with E-state index < -0.39 is 17.2 Å². The molecule has 1 aliphatic heterocycles. The Morgan fingerprint density at radius 3 is 2.79 bits per heavy atom. The van der Waals surface area contributed by atoms with E-state index in [1.54, 1.807) is 0 Å². The summed E-state index contributed by atoms with van der Waals surface area (Å²) in [5.41, 5.74) is 0.143. The number of benzene rings is 1. The normalized spacial score (nSPS) is 16.2. The van der Waals surface area contributed by atoms with Gasteiger partial charge < -0.3 is 10.1 Å². The number of amides is 1. The van der Waals surface area contributed by atoms with Crippen LogP contribution in [0.5, 0.6) is 5.75 Å². The van der Waals surface area contributed by atoms with Crippen LogP contribution in [0.15, 0.2) is 39.9 Å². The van der Waals surface area contributed by atoms with Crippen molar-refractivity contribution in [1.29, 1.82) is 0 Å². The van der Waals surface area contributed by atoms with E-state index in [9.17, 15) is 14.4 Å². The minimum Gasteiger partial charge on any atom is -0.493 e. The Labute approximate surface area is 138 Å². The molecule has 0 radical (unpaired) electrons. The highest BCUT2D eigenvalue weighted by Gasteiger charge is 2.21. The Kier molecular flexibility index (Phi) is 4.24. The maximum Gasteiger partial charge on any atom is 0.331 e. The van der Waals surface area contributed by atoms with Crippen LogP contribution in [0.25, 0.3) is 0 Å². The third kappa shape index (κ3) is 2.97. The Morgan fingerprint density at radius 2 is 2.00 bits per heavy atom. The summed E-state index contributed by atoms with van der Waals surface area (Å²) >= 11 is 0. The van der Waals surface area contributed by atoms with E-state index in [4.69, 9.17) is 4.74 Å². The Bertz CT molecular complexity index is 897. The number of fused-ring (bicyclic) bond motifs is 1. The zero-order valence-electron chi connectivity index (χ0n) is 13.6. The molecule has 2 aromatic rings. The molecule has 0 fully saturated rings. The number of nitrogens with one attached hydrogen (secondary N) is 1. The lowest BCUT2D eigenvalue weighted by Gasteiger charge is -2.25. The van der Waals surface area contributed by atoms with E-state index in [2.05, 4.69) is 5.32 Å². The maximum absolute atomic E-state index is 12.3. The topological polar surface area (TPSA) is 82.3 Å². The Hall–Kier alpha value is -2.83. The van der Waals surface area contributed by atoms with Crippen molar-refractivity contribution >= 4 is 5.91 Å². The molecule has 1 aromatic carbocycles. The van der Waals surface area contributed by atoms with Crippen molar-refractivity contribution in [3.63, 3.8) is 0 Å². The summed E-state index contributed by atoms with van der Waals surface area (Å²) in [6, 6.07) is 8.99. The third-order valence-electron chi connectivity index (χ3n) is 4.27. The SMILES string of the molecule is Cn1c(C(=O)NC[C@@H]2COc3ccccc3C2)cc(=O)n(C)c1=O. The first kappa shape index (κ1) is 16.0. The van der Waals surface area contributed by atoms with Crippen LogP contribution in [-0.2, 0) is 20.5 Å². The van der Waals surface area contributed by atoms with E-state index in [1.807, 2.05) is 24.3 Å². The van der Waals surface area contributed by atoms with Gasteiger partial charge in [-0.05, 0) is 18.1 Å². The van der Waals surface area contributed by atoms with Crippen LogP contribution in [0.2, 0.25) is 0 Å². The van der Waals surface area contributed by atoms with Crippen molar-refractivity contribution in [2.24, 2.45) is 20.0 Å². The molecule has 0 saturated heterocycles. The molecule has 1 amide bonds. The molecule has 3 rings (SSSR count). The fourth-order valence-corrected chi connectivity index (χ4v) is 2.80. The molecule has 0 unspecified atom stereocenters. The van der Waals surface area contributed by atoms with Gasteiger partial charge in [-0.3, -0.25) is 18.7 Å². The van der Waals surface area contributed by atoms with E-state index >= 15 is 0 Å². The minimum atomic E-state index is -0.525. The smallest absolute Gasteiger partial charge is 0.331 e. The first-order valence-electron chi connectivity index (χ1n) is 7.73. The first-order chi connectivity index (χ1) is 11.5. The average molecular weight is 329 g/mol. The van der Waals surface area contributed by atoms with E-state index in [0.717, 1.165) is 22.3 Å². The zero-order valence-corrected chi connectivity index (χ0v) is 13.6. The number of ether oxygens (including phenoxy) is 1. The van der Waals surface area contributed by atoms with Crippen molar-refractivity contribution in [1.82, 2.24) is 14.5 Å². The fraction of sp³-hybridized carbons (Fsp3) is 0.353. The maximum atomic E-state index is 12.3. The number of nitrogens with zero attached hydrogens (tertiary/aromatic N) is 2. The lowest BCUT2D eigenvalue weighted by atomic mass is 9.97. The number of hydrogen-bond acceptors (Lipinski definition) is 4. The van der Waals surface area contributed by atoms with Crippen LogP contribution >= 0.6 is 0 Å². The van der Waals surface area contributed by atoms with Crippen LogP contribution in [-0.4, -0.2) is 28.2 Å². The van der Waals surface area contributed by atoms with Gasteiger partial charge in [-0.25, -0.2) is 4.79 Å². The molecule has 0 spiro atoms. The number of aromatic nitrogens is 2. The molecule has 0 saturated carbocycles. The standard InChI is InChI=1S/C17H19N3O4/c1-19-13(8-15(21)20(2)17(19)23)16(22)18-9-11-7-12-5-3-4-6-14(12)24-10-11/h3-6,8,11H,7,9-10H2,1-2H3,(H,18,22)/t11-/m1/s1. The van der Waals surface area contributed by atoms with Crippen LogP contribution in [0, 0.1) is 5.92 Å². The molecule has 1 N–H and O–H groups in total. The van der Waals surface area contributed by atoms with Gasteiger partial charge in [0.05, 0.1) is 6.61 Å². The van der Waals surface area contributed by atoms with Gasteiger partial charge in [-0.1, -0.05) is 18.2 Å². The van der Waals surface area contributed by atoms with Crippen molar-refractivity contribution in [3.8, 4) is 5.75 Å². The number of rotatable bonds is 3. The summed E-state index contributed by atoms with van der Waals surface area (Å²) < 4.78 is 7.82. The number of hydrogen-bond donors (Lipinski definition) is 1. The summed E-state index contributed by atoms with van der Waals surface area (Å²) in [5, 5.41) is 2.79. The van der Waals surface area contributed by atoms with Gasteiger partial charge in [-0.15, -0.1) is 0 Å². The molecule has 126 valence electrons. The molecular formula is C17H19N3O4. The Morgan fingerprint density at radius 1 is 1.25 bits per heavy atom. The summed E-state index contributed by atoms with van der Waals surface area (Å²) in [6.45, 7) is 0.934. The average Bonchev–Trinajstić information content (AvgIpc) is 2.60. The van der Waals surface area contributed by atoms with Crippen molar-refractivity contribution in [2.45, 2.75) is 6.42 Å². The predicted octanol–water partition coefficient (Wildman–Crippen LogP) is 0.0651. The molecule has 2 heterocycles. The highest BCUT2D eigenvalue weighted by molar-refractivity contribution is 5.92. The molecule has 7 nitrogen and oxygen atoms in total. The van der Waals surface area contributed by atoms with Crippen LogP contribution < -0.4 is 21.3 Å². The number of carbonyl (C=O) groups is 1. The quantitative estimate of drug-likeness (QED) is 0.864. The fourth-order valence-electron chi connectivity index (χ4n) is 2.80. The van der Waals surface area contributed by atoms with Crippen molar-refractivity contribution < 1.29 is 9.53 Å². The number of para-hydroxylation sites is 1. The molecular weight excluding hydrogens is 310 g/mol. The monoisotopic (exact) mass is 329 g/mol. The Balaban J connectivity index is 1.69. The summed E-state index contributed by atoms with van der Waals surface area (Å²) in [4.78, 5) is 35.9. The van der Waals surface area contributed by atoms with Crippen molar-refractivity contribution in [2.75, 3.05) is 13.2 Å².